The lowest BCUT2D eigenvalue weighted by Crippen LogP contribution is -2.31. The Morgan fingerprint density at radius 2 is 2.24 bits per heavy atom. The van der Waals surface area contributed by atoms with Crippen LogP contribution < -0.4 is 17.0 Å². The highest BCUT2D eigenvalue weighted by Crippen LogP contribution is 2.27. The van der Waals surface area contributed by atoms with Crippen LogP contribution in [0.4, 0.5) is 5.69 Å². The quantitative estimate of drug-likeness (QED) is 0.423. The number of benzene rings is 1. The van der Waals surface area contributed by atoms with Gasteiger partial charge in [0, 0.05) is 17.8 Å². The van der Waals surface area contributed by atoms with Crippen LogP contribution in [0.15, 0.2) is 24.4 Å². The Kier molecular flexibility index (Phi) is 3.28. The second kappa shape index (κ2) is 4.70. The number of nitrogens with two attached hydrogens (primary N) is 2. The van der Waals surface area contributed by atoms with Crippen molar-refractivity contribution in [2.24, 2.45) is 12.9 Å². The highest BCUT2D eigenvalue weighted by molar-refractivity contribution is 6.30. The maximum Gasteiger partial charge on any atom is 0.0914 e. The Balaban J connectivity index is 2.46. The monoisotopic (exact) mass is 252 g/mol. The summed E-state index contributed by atoms with van der Waals surface area (Å²) in [5.41, 5.74) is 10.8. The molecule has 0 bridgehead atoms. The molecule has 0 aliphatic carbocycles. The molecule has 6 nitrogen and oxygen atoms in total. The molecule has 2 aromatic rings. The van der Waals surface area contributed by atoms with Crippen LogP contribution in [0.25, 0.3) is 0 Å². The van der Waals surface area contributed by atoms with Crippen molar-refractivity contribution in [3.8, 4) is 0 Å². The van der Waals surface area contributed by atoms with Gasteiger partial charge in [-0.1, -0.05) is 22.9 Å². The molecule has 0 saturated heterocycles. The largest absolute Gasteiger partial charge is 0.398 e. The lowest BCUT2D eigenvalue weighted by molar-refractivity contribution is 0.571. The van der Waals surface area contributed by atoms with E-state index in [4.69, 9.17) is 23.2 Å². The molecule has 1 unspecified atom stereocenters. The fourth-order valence-corrected chi connectivity index (χ4v) is 1.88. The molecule has 0 amide bonds. The SMILES string of the molecule is Cn1nncc1C(NN)c1ccc(Cl)cc1N. The van der Waals surface area contributed by atoms with Crippen LogP contribution in [0.5, 0.6) is 0 Å². The summed E-state index contributed by atoms with van der Waals surface area (Å²) >= 11 is 5.86. The fraction of sp³-hybridized carbons (Fsp3) is 0.200. The summed E-state index contributed by atoms with van der Waals surface area (Å²) in [5.74, 6) is 5.56. The van der Waals surface area contributed by atoms with Crippen molar-refractivity contribution >= 4 is 17.3 Å². The first kappa shape index (κ1) is 11.8. The first-order chi connectivity index (χ1) is 8.13. The van der Waals surface area contributed by atoms with Crippen LogP contribution in [-0.2, 0) is 7.05 Å². The van der Waals surface area contributed by atoms with E-state index >= 15 is 0 Å². The van der Waals surface area contributed by atoms with Crippen LogP contribution in [0.1, 0.15) is 17.3 Å². The van der Waals surface area contributed by atoms with Crippen LogP contribution in [0, 0.1) is 0 Å². The number of nitrogens with one attached hydrogen (secondary N) is 1. The lowest BCUT2D eigenvalue weighted by atomic mass is 10.0. The average molecular weight is 253 g/mol. The average Bonchev–Trinajstić information content (AvgIpc) is 2.69. The molecule has 1 atom stereocenters. The standard InChI is InChI=1S/C10H13ClN6/c1-17-9(5-14-16-17)10(15-13)7-3-2-6(11)4-8(7)12/h2-5,10,15H,12-13H2,1H3. The highest BCUT2D eigenvalue weighted by atomic mass is 35.5. The van der Waals surface area contributed by atoms with Crippen molar-refractivity contribution in [2.45, 2.75) is 6.04 Å². The van der Waals surface area contributed by atoms with Crippen molar-refractivity contribution in [2.75, 3.05) is 5.73 Å². The third-order valence-electron chi connectivity index (χ3n) is 2.57. The van der Waals surface area contributed by atoms with Gasteiger partial charge in [-0.15, -0.1) is 5.10 Å². The maximum atomic E-state index is 5.92. The second-order valence-electron chi connectivity index (χ2n) is 3.66. The van der Waals surface area contributed by atoms with Gasteiger partial charge in [0.25, 0.3) is 0 Å². The summed E-state index contributed by atoms with van der Waals surface area (Å²) in [6.07, 6.45) is 1.64. The molecule has 1 aromatic heterocycles. The number of nitrogen functional groups attached to an aromatic ring is 1. The van der Waals surface area contributed by atoms with Gasteiger partial charge in [0.15, 0.2) is 0 Å². The van der Waals surface area contributed by atoms with Gasteiger partial charge in [-0.2, -0.15) is 0 Å². The van der Waals surface area contributed by atoms with Crippen molar-refractivity contribution in [3.05, 3.63) is 40.7 Å². The van der Waals surface area contributed by atoms with Crippen LogP contribution in [0.2, 0.25) is 5.02 Å². The number of aromatic nitrogens is 3. The number of aryl methyl sites for hydroxylation is 1. The first-order valence-electron chi connectivity index (χ1n) is 4.99. The minimum absolute atomic E-state index is 0.271. The molecular weight excluding hydrogens is 240 g/mol. The van der Waals surface area contributed by atoms with E-state index in [1.165, 1.54) is 0 Å². The molecule has 2 rings (SSSR count). The minimum Gasteiger partial charge on any atom is -0.398 e. The number of nitrogens with zero attached hydrogens (tertiary/aromatic N) is 3. The third kappa shape index (κ3) is 2.23. The maximum absolute atomic E-state index is 5.92. The molecule has 0 aliphatic rings. The topological polar surface area (TPSA) is 94.8 Å². The van der Waals surface area contributed by atoms with Crippen molar-refractivity contribution in [3.63, 3.8) is 0 Å². The van der Waals surface area contributed by atoms with Gasteiger partial charge >= 0.3 is 0 Å². The van der Waals surface area contributed by atoms with Crippen LogP contribution in [-0.4, -0.2) is 15.0 Å². The van der Waals surface area contributed by atoms with E-state index in [0.29, 0.717) is 10.7 Å². The molecule has 0 spiro atoms. The summed E-state index contributed by atoms with van der Waals surface area (Å²) < 4.78 is 1.64. The van der Waals surface area contributed by atoms with E-state index in [2.05, 4.69) is 15.7 Å². The summed E-state index contributed by atoms with van der Waals surface area (Å²) in [6, 6.07) is 5.01. The Labute approximate surface area is 104 Å². The summed E-state index contributed by atoms with van der Waals surface area (Å²) in [6.45, 7) is 0. The number of anilines is 1. The zero-order chi connectivity index (χ0) is 12.4. The van der Waals surface area contributed by atoms with E-state index in [0.717, 1.165) is 11.3 Å². The molecule has 0 saturated carbocycles. The summed E-state index contributed by atoms with van der Waals surface area (Å²) in [5, 5.41) is 8.26. The zero-order valence-corrected chi connectivity index (χ0v) is 10.0. The Bertz CT molecular complexity index is 523. The lowest BCUT2D eigenvalue weighted by Gasteiger charge is -2.17. The summed E-state index contributed by atoms with van der Waals surface area (Å²) in [4.78, 5) is 0. The van der Waals surface area contributed by atoms with Crippen molar-refractivity contribution in [1.29, 1.82) is 0 Å². The molecule has 90 valence electrons. The third-order valence-corrected chi connectivity index (χ3v) is 2.81. The highest BCUT2D eigenvalue weighted by Gasteiger charge is 2.18. The number of hydrogen-bond acceptors (Lipinski definition) is 5. The number of rotatable bonds is 3. The number of hydrogen-bond donors (Lipinski definition) is 3. The van der Waals surface area contributed by atoms with E-state index in [-0.39, 0.29) is 6.04 Å². The Morgan fingerprint density at radius 1 is 1.47 bits per heavy atom. The molecule has 5 N–H and O–H groups in total. The van der Waals surface area contributed by atoms with Gasteiger partial charge in [-0.25, -0.2) is 5.43 Å². The van der Waals surface area contributed by atoms with Gasteiger partial charge < -0.3 is 5.73 Å². The van der Waals surface area contributed by atoms with Crippen LogP contribution in [0.3, 0.4) is 0 Å². The molecular formula is C10H13ClN6. The van der Waals surface area contributed by atoms with Gasteiger partial charge in [0.2, 0.25) is 0 Å². The molecule has 0 fully saturated rings. The predicted molar refractivity (Wildman–Crippen MR) is 66.0 cm³/mol. The molecule has 1 aromatic carbocycles. The molecule has 0 aliphatic heterocycles. The number of halogens is 1. The predicted octanol–water partition coefficient (Wildman–Crippen LogP) is 0.603. The van der Waals surface area contributed by atoms with E-state index in [9.17, 15) is 0 Å². The Morgan fingerprint density at radius 3 is 2.76 bits per heavy atom. The second-order valence-corrected chi connectivity index (χ2v) is 4.09. The first-order valence-corrected chi connectivity index (χ1v) is 5.37. The fourth-order valence-electron chi connectivity index (χ4n) is 1.70. The van der Waals surface area contributed by atoms with Crippen molar-refractivity contribution < 1.29 is 0 Å². The number of hydrazine groups is 1. The van der Waals surface area contributed by atoms with Crippen LogP contribution >= 0.6 is 11.6 Å². The van der Waals surface area contributed by atoms with Gasteiger partial charge in [0.05, 0.1) is 17.9 Å². The molecule has 7 heteroatoms. The van der Waals surface area contributed by atoms with Gasteiger partial charge in [-0.05, 0) is 17.7 Å². The summed E-state index contributed by atoms with van der Waals surface area (Å²) in [7, 11) is 1.79. The smallest absolute Gasteiger partial charge is 0.0914 e. The zero-order valence-electron chi connectivity index (χ0n) is 9.26. The van der Waals surface area contributed by atoms with E-state index in [1.807, 2.05) is 6.07 Å². The van der Waals surface area contributed by atoms with Gasteiger partial charge in [-0.3, -0.25) is 10.5 Å². The molecule has 1 heterocycles. The van der Waals surface area contributed by atoms with E-state index < -0.39 is 0 Å². The Hall–Kier alpha value is -1.63. The molecule has 17 heavy (non-hydrogen) atoms. The van der Waals surface area contributed by atoms with Crippen molar-refractivity contribution in [1.82, 2.24) is 20.4 Å². The van der Waals surface area contributed by atoms with Gasteiger partial charge in [0.1, 0.15) is 0 Å². The normalized spacial score (nSPS) is 12.6. The van der Waals surface area contributed by atoms with E-state index in [1.54, 1.807) is 30.1 Å². The molecule has 0 radical (unpaired) electrons. The minimum atomic E-state index is -0.271.